The molecule has 32 heavy (non-hydrogen) atoms. The van der Waals surface area contributed by atoms with Crippen molar-refractivity contribution in [2.75, 3.05) is 16.3 Å². The average Bonchev–Trinajstić information content (AvgIpc) is 2.78. The normalized spacial score (nSPS) is 17.1. The largest absolute Gasteiger partial charge is 0.301 e. The third-order valence-electron chi connectivity index (χ3n) is 6.06. The molecule has 4 rings (SSSR count). The predicted octanol–water partition coefficient (Wildman–Crippen LogP) is 5.46. The lowest BCUT2D eigenvalue weighted by molar-refractivity contribution is -0.127. The van der Waals surface area contributed by atoms with Crippen LogP contribution in [0.2, 0.25) is 0 Å². The van der Waals surface area contributed by atoms with E-state index in [9.17, 15) is 9.59 Å². The molecule has 1 unspecified atom stereocenters. The van der Waals surface area contributed by atoms with Gasteiger partial charge in [0.2, 0.25) is 5.91 Å². The Bertz CT molecular complexity index is 1180. The quantitative estimate of drug-likeness (QED) is 0.558. The molecule has 2 amide bonds. The first-order valence-electron chi connectivity index (χ1n) is 10.9. The third kappa shape index (κ3) is 4.22. The Morgan fingerprint density at radius 1 is 0.844 bits per heavy atom. The second-order valence-electron chi connectivity index (χ2n) is 8.49. The van der Waals surface area contributed by atoms with E-state index in [0.29, 0.717) is 0 Å². The minimum absolute atomic E-state index is 0.0182. The molecule has 1 aliphatic heterocycles. The summed E-state index contributed by atoms with van der Waals surface area (Å²) < 4.78 is 0. The lowest BCUT2D eigenvalue weighted by Gasteiger charge is -2.41. The van der Waals surface area contributed by atoms with Crippen LogP contribution in [0.25, 0.3) is 6.08 Å². The second-order valence-corrected chi connectivity index (χ2v) is 8.49. The lowest BCUT2D eigenvalue weighted by atomic mass is 9.98. The Morgan fingerprint density at radius 2 is 1.50 bits per heavy atom. The van der Waals surface area contributed by atoms with Crippen molar-refractivity contribution in [3.63, 3.8) is 0 Å². The molecule has 0 aliphatic carbocycles. The summed E-state index contributed by atoms with van der Waals surface area (Å²) in [6.45, 7) is 8.01. The van der Waals surface area contributed by atoms with Gasteiger partial charge in [-0.25, -0.2) is 0 Å². The van der Waals surface area contributed by atoms with E-state index in [1.54, 1.807) is 9.80 Å². The highest BCUT2D eigenvalue weighted by atomic mass is 16.2. The van der Waals surface area contributed by atoms with Crippen molar-refractivity contribution in [3.8, 4) is 0 Å². The van der Waals surface area contributed by atoms with E-state index >= 15 is 0 Å². The molecule has 4 heteroatoms. The number of carbonyl (C=O) groups is 2. The fourth-order valence-electron chi connectivity index (χ4n) is 4.09. The van der Waals surface area contributed by atoms with Crippen LogP contribution in [0.4, 0.5) is 11.4 Å². The number of hydrogen-bond acceptors (Lipinski definition) is 2. The summed E-state index contributed by atoms with van der Waals surface area (Å²) in [7, 11) is 0. The van der Waals surface area contributed by atoms with Crippen molar-refractivity contribution in [1.82, 2.24) is 0 Å². The van der Waals surface area contributed by atoms with E-state index in [1.807, 2.05) is 107 Å². The molecule has 162 valence electrons. The zero-order chi connectivity index (χ0) is 22.8. The lowest BCUT2D eigenvalue weighted by Crippen LogP contribution is -2.61. The van der Waals surface area contributed by atoms with Crippen LogP contribution in [0.3, 0.4) is 0 Å². The SMILES string of the molecule is CC(=Cc1ccccc1)C1C(=O)N(c2ccc(C)c(C)c2)CC(=O)N1c1ccc(C)cc1. The summed E-state index contributed by atoms with van der Waals surface area (Å²) in [6, 6.07) is 22.8. The number of carbonyl (C=O) groups excluding carboxylic acids is 2. The zero-order valence-corrected chi connectivity index (χ0v) is 19.0. The summed E-state index contributed by atoms with van der Waals surface area (Å²) in [5, 5.41) is 0. The number of nitrogens with zero attached hydrogens (tertiary/aromatic N) is 2. The maximum Gasteiger partial charge on any atom is 0.254 e. The zero-order valence-electron chi connectivity index (χ0n) is 19.0. The van der Waals surface area contributed by atoms with Crippen LogP contribution in [0, 0.1) is 20.8 Å². The van der Waals surface area contributed by atoms with Crippen molar-refractivity contribution < 1.29 is 9.59 Å². The third-order valence-corrected chi connectivity index (χ3v) is 6.06. The first-order chi connectivity index (χ1) is 15.3. The molecule has 0 spiro atoms. The van der Waals surface area contributed by atoms with Gasteiger partial charge in [-0.1, -0.05) is 60.2 Å². The van der Waals surface area contributed by atoms with Gasteiger partial charge in [0, 0.05) is 11.4 Å². The molecule has 0 radical (unpaired) electrons. The van der Waals surface area contributed by atoms with Gasteiger partial charge in [0.15, 0.2) is 0 Å². The van der Waals surface area contributed by atoms with Crippen LogP contribution in [-0.2, 0) is 9.59 Å². The first kappa shape index (κ1) is 21.6. The molecule has 1 atom stereocenters. The van der Waals surface area contributed by atoms with Gasteiger partial charge in [-0.15, -0.1) is 0 Å². The van der Waals surface area contributed by atoms with Gasteiger partial charge in [-0.05, 0) is 74.2 Å². The van der Waals surface area contributed by atoms with E-state index < -0.39 is 6.04 Å². The van der Waals surface area contributed by atoms with Gasteiger partial charge in [0.25, 0.3) is 5.91 Å². The maximum atomic E-state index is 13.8. The smallest absolute Gasteiger partial charge is 0.254 e. The summed E-state index contributed by atoms with van der Waals surface area (Å²) in [5.74, 6) is -0.199. The second kappa shape index (κ2) is 8.83. The van der Waals surface area contributed by atoms with Crippen molar-refractivity contribution in [2.24, 2.45) is 0 Å². The minimum atomic E-state index is -0.708. The summed E-state index contributed by atoms with van der Waals surface area (Å²) in [5.41, 5.74) is 6.67. The van der Waals surface area contributed by atoms with Gasteiger partial charge in [-0.2, -0.15) is 0 Å². The van der Waals surface area contributed by atoms with Crippen LogP contribution in [-0.4, -0.2) is 24.4 Å². The molecule has 1 saturated heterocycles. The Balaban J connectivity index is 1.80. The Labute approximate surface area is 189 Å². The number of hydrogen-bond donors (Lipinski definition) is 0. The predicted molar refractivity (Wildman–Crippen MR) is 131 cm³/mol. The molecule has 0 N–H and O–H groups in total. The van der Waals surface area contributed by atoms with E-state index in [-0.39, 0.29) is 18.4 Å². The van der Waals surface area contributed by atoms with E-state index in [0.717, 1.165) is 39.2 Å². The molecule has 1 heterocycles. The summed E-state index contributed by atoms with van der Waals surface area (Å²) in [4.78, 5) is 30.5. The number of aryl methyl sites for hydroxylation is 3. The average molecular weight is 425 g/mol. The number of anilines is 2. The van der Waals surface area contributed by atoms with Crippen molar-refractivity contribution >= 4 is 29.3 Å². The molecule has 1 fully saturated rings. The highest BCUT2D eigenvalue weighted by Crippen LogP contribution is 2.31. The topological polar surface area (TPSA) is 40.6 Å². The molecular weight excluding hydrogens is 396 g/mol. The molecule has 3 aromatic rings. The number of rotatable bonds is 4. The van der Waals surface area contributed by atoms with Crippen molar-refractivity contribution in [2.45, 2.75) is 33.7 Å². The number of benzene rings is 3. The van der Waals surface area contributed by atoms with Crippen LogP contribution in [0.1, 0.15) is 29.2 Å². The Kier molecular flexibility index (Phi) is 5.95. The van der Waals surface area contributed by atoms with Crippen LogP contribution in [0.5, 0.6) is 0 Å². The highest BCUT2D eigenvalue weighted by molar-refractivity contribution is 6.16. The molecule has 0 aromatic heterocycles. The van der Waals surface area contributed by atoms with Gasteiger partial charge in [-0.3, -0.25) is 14.5 Å². The van der Waals surface area contributed by atoms with Crippen LogP contribution in [0.15, 0.2) is 78.4 Å². The van der Waals surface area contributed by atoms with Crippen molar-refractivity contribution in [1.29, 1.82) is 0 Å². The van der Waals surface area contributed by atoms with E-state index in [2.05, 4.69) is 0 Å². The molecule has 4 nitrogen and oxygen atoms in total. The van der Waals surface area contributed by atoms with Gasteiger partial charge < -0.3 is 4.90 Å². The first-order valence-corrected chi connectivity index (χ1v) is 10.9. The fourth-order valence-corrected chi connectivity index (χ4v) is 4.09. The van der Waals surface area contributed by atoms with Gasteiger partial charge in [0.05, 0.1) is 0 Å². The maximum absolute atomic E-state index is 13.8. The van der Waals surface area contributed by atoms with Gasteiger partial charge >= 0.3 is 0 Å². The van der Waals surface area contributed by atoms with E-state index in [1.165, 1.54) is 0 Å². The summed E-state index contributed by atoms with van der Waals surface area (Å²) in [6.07, 6.45) is 1.99. The summed E-state index contributed by atoms with van der Waals surface area (Å²) >= 11 is 0. The fraction of sp³-hybridized carbons (Fsp3) is 0.214. The molecular formula is C28H28N2O2. The molecule has 1 aliphatic rings. The van der Waals surface area contributed by atoms with E-state index in [4.69, 9.17) is 0 Å². The molecule has 0 saturated carbocycles. The highest BCUT2D eigenvalue weighted by Gasteiger charge is 2.41. The van der Waals surface area contributed by atoms with Crippen molar-refractivity contribution in [3.05, 3.63) is 101 Å². The minimum Gasteiger partial charge on any atom is -0.301 e. The Hall–Kier alpha value is -3.66. The monoisotopic (exact) mass is 424 g/mol. The molecule has 0 bridgehead atoms. The van der Waals surface area contributed by atoms with Crippen LogP contribution < -0.4 is 9.80 Å². The van der Waals surface area contributed by atoms with Crippen LogP contribution >= 0.6 is 0 Å². The standard InChI is InChI=1S/C28H28N2O2/c1-19-10-13-24(14-11-19)30-26(31)18-29(25-15-12-20(2)21(3)17-25)28(32)27(30)22(4)16-23-8-6-5-7-9-23/h5-17,27H,18H2,1-4H3. The van der Waals surface area contributed by atoms with Gasteiger partial charge in [0.1, 0.15) is 12.6 Å². The molecule has 3 aromatic carbocycles. The number of piperazine rings is 1. The number of amides is 2. The Morgan fingerprint density at radius 3 is 2.16 bits per heavy atom.